The van der Waals surface area contributed by atoms with Gasteiger partial charge in [0.15, 0.2) is 5.82 Å². The van der Waals surface area contributed by atoms with E-state index in [1.807, 2.05) is 20.0 Å². The average molecular weight is 248 g/mol. The zero-order valence-electron chi connectivity index (χ0n) is 10.7. The van der Waals surface area contributed by atoms with E-state index >= 15 is 0 Å². The number of anilines is 2. The Balaban J connectivity index is 1.91. The van der Waals surface area contributed by atoms with Gasteiger partial charge in [0.2, 0.25) is 5.89 Å². The summed E-state index contributed by atoms with van der Waals surface area (Å²) >= 11 is 0. The Morgan fingerprint density at radius 3 is 2.56 bits per heavy atom. The molecular weight excluding hydrogens is 232 g/mol. The average Bonchev–Trinajstić information content (AvgIpc) is 2.74. The van der Waals surface area contributed by atoms with Crippen LogP contribution < -0.4 is 10.6 Å². The molecule has 18 heavy (non-hydrogen) atoms. The van der Waals surface area contributed by atoms with Crippen LogP contribution in [-0.4, -0.2) is 33.7 Å². The minimum absolute atomic E-state index is 0.625. The van der Waals surface area contributed by atoms with Gasteiger partial charge in [0.1, 0.15) is 17.5 Å². The second-order valence-corrected chi connectivity index (χ2v) is 3.85. The number of nitrogens with one attached hydrogen (secondary N) is 2. The van der Waals surface area contributed by atoms with Gasteiger partial charge in [-0.1, -0.05) is 5.16 Å². The molecular formula is C11H16N6O. The molecule has 0 unspecified atom stereocenters. The quantitative estimate of drug-likeness (QED) is 0.821. The second-order valence-electron chi connectivity index (χ2n) is 3.85. The van der Waals surface area contributed by atoms with Gasteiger partial charge < -0.3 is 15.2 Å². The SMILES string of the molecule is CNc1cc(NCCc2nc(C)no2)nc(C)n1. The largest absolute Gasteiger partial charge is 0.373 e. The zero-order chi connectivity index (χ0) is 13.0. The molecule has 7 nitrogen and oxygen atoms in total. The Morgan fingerprint density at radius 2 is 1.89 bits per heavy atom. The van der Waals surface area contributed by atoms with Crippen LogP contribution in [0, 0.1) is 13.8 Å². The van der Waals surface area contributed by atoms with E-state index in [9.17, 15) is 0 Å². The lowest BCUT2D eigenvalue weighted by Crippen LogP contribution is -2.08. The molecule has 96 valence electrons. The van der Waals surface area contributed by atoms with Crippen molar-refractivity contribution in [3.8, 4) is 0 Å². The van der Waals surface area contributed by atoms with Crippen LogP contribution in [0.3, 0.4) is 0 Å². The fourth-order valence-electron chi connectivity index (χ4n) is 1.53. The molecule has 7 heteroatoms. The normalized spacial score (nSPS) is 10.4. The summed E-state index contributed by atoms with van der Waals surface area (Å²) in [6.45, 7) is 4.34. The molecule has 0 saturated carbocycles. The molecule has 2 aromatic heterocycles. The third-order valence-electron chi connectivity index (χ3n) is 2.31. The number of rotatable bonds is 5. The van der Waals surface area contributed by atoms with E-state index in [0.717, 1.165) is 17.5 Å². The van der Waals surface area contributed by atoms with Crippen molar-refractivity contribution in [3.05, 3.63) is 23.6 Å². The predicted molar refractivity (Wildman–Crippen MR) is 67.5 cm³/mol. The number of hydrogen-bond donors (Lipinski definition) is 2. The van der Waals surface area contributed by atoms with Crippen molar-refractivity contribution in [3.63, 3.8) is 0 Å². The molecule has 2 aromatic rings. The van der Waals surface area contributed by atoms with Crippen molar-refractivity contribution >= 4 is 11.6 Å². The molecule has 0 bridgehead atoms. The molecule has 0 aliphatic rings. The van der Waals surface area contributed by atoms with Gasteiger partial charge in [-0.2, -0.15) is 4.98 Å². The summed E-state index contributed by atoms with van der Waals surface area (Å²) in [4.78, 5) is 12.6. The van der Waals surface area contributed by atoms with E-state index in [4.69, 9.17) is 4.52 Å². The van der Waals surface area contributed by atoms with Crippen molar-refractivity contribution < 1.29 is 4.52 Å². The smallest absolute Gasteiger partial charge is 0.228 e. The molecule has 0 saturated heterocycles. The first kappa shape index (κ1) is 12.3. The molecule has 0 aliphatic heterocycles. The summed E-state index contributed by atoms with van der Waals surface area (Å²) in [5.41, 5.74) is 0. The lowest BCUT2D eigenvalue weighted by Gasteiger charge is -2.07. The molecule has 0 fully saturated rings. The Labute approximate surface area is 105 Å². The highest BCUT2D eigenvalue weighted by Gasteiger charge is 2.03. The summed E-state index contributed by atoms with van der Waals surface area (Å²) in [6.07, 6.45) is 0.665. The van der Waals surface area contributed by atoms with Crippen molar-refractivity contribution in [1.29, 1.82) is 0 Å². The minimum atomic E-state index is 0.625. The summed E-state index contributed by atoms with van der Waals surface area (Å²) in [5.74, 6) is 3.57. The van der Waals surface area contributed by atoms with E-state index in [-0.39, 0.29) is 0 Å². The minimum Gasteiger partial charge on any atom is -0.373 e. The summed E-state index contributed by atoms with van der Waals surface area (Å²) in [6, 6.07) is 1.85. The molecule has 2 heterocycles. The predicted octanol–water partition coefficient (Wildman–Crippen LogP) is 1.17. The lowest BCUT2D eigenvalue weighted by molar-refractivity contribution is 0.377. The van der Waals surface area contributed by atoms with Crippen molar-refractivity contribution in [2.45, 2.75) is 20.3 Å². The van der Waals surface area contributed by atoms with Crippen LogP contribution in [0.2, 0.25) is 0 Å². The van der Waals surface area contributed by atoms with Crippen molar-refractivity contribution in [1.82, 2.24) is 20.1 Å². The van der Waals surface area contributed by atoms with Crippen molar-refractivity contribution in [2.75, 3.05) is 24.2 Å². The summed E-state index contributed by atoms with van der Waals surface area (Å²) in [7, 11) is 1.83. The maximum Gasteiger partial charge on any atom is 0.228 e. The van der Waals surface area contributed by atoms with Gasteiger partial charge in [0.25, 0.3) is 0 Å². The first-order valence-corrected chi connectivity index (χ1v) is 5.74. The zero-order valence-corrected chi connectivity index (χ0v) is 10.7. The standard InChI is InChI=1S/C11H16N6O/c1-7-14-9(12-3)6-10(15-7)13-5-4-11-16-8(2)17-18-11/h6H,4-5H2,1-3H3,(H2,12,13,14,15). The van der Waals surface area contributed by atoms with Crippen LogP contribution >= 0.6 is 0 Å². The van der Waals surface area contributed by atoms with Crippen LogP contribution in [-0.2, 0) is 6.42 Å². The second kappa shape index (κ2) is 5.44. The monoisotopic (exact) mass is 248 g/mol. The van der Waals surface area contributed by atoms with Crippen LogP contribution in [0.1, 0.15) is 17.5 Å². The van der Waals surface area contributed by atoms with Gasteiger partial charge >= 0.3 is 0 Å². The number of aryl methyl sites for hydroxylation is 2. The summed E-state index contributed by atoms with van der Waals surface area (Å²) in [5, 5.41) is 9.92. The molecule has 0 radical (unpaired) electrons. The highest BCUT2D eigenvalue weighted by Crippen LogP contribution is 2.10. The van der Waals surface area contributed by atoms with Crippen LogP contribution in [0.15, 0.2) is 10.6 Å². The van der Waals surface area contributed by atoms with Crippen LogP contribution in [0.4, 0.5) is 11.6 Å². The lowest BCUT2D eigenvalue weighted by atomic mass is 10.4. The topological polar surface area (TPSA) is 88.8 Å². The van der Waals surface area contributed by atoms with Crippen LogP contribution in [0.25, 0.3) is 0 Å². The number of hydrogen-bond acceptors (Lipinski definition) is 7. The van der Waals surface area contributed by atoms with E-state index in [0.29, 0.717) is 24.7 Å². The first-order valence-electron chi connectivity index (χ1n) is 5.74. The highest BCUT2D eigenvalue weighted by molar-refractivity contribution is 5.47. The third kappa shape index (κ3) is 3.16. The molecule has 0 atom stereocenters. The summed E-state index contributed by atoms with van der Waals surface area (Å²) < 4.78 is 5.02. The van der Waals surface area contributed by atoms with E-state index < -0.39 is 0 Å². The van der Waals surface area contributed by atoms with Gasteiger partial charge in [-0.25, -0.2) is 9.97 Å². The molecule has 0 amide bonds. The number of aromatic nitrogens is 4. The van der Waals surface area contributed by atoms with Crippen LogP contribution in [0.5, 0.6) is 0 Å². The highest BCUT2D eigenvalue weighted by atomic mass is 16.5. The maximum atomic E-state index is 5.02. The van der Waals surface area contributed by atoms with E-state index in [1.54, 1.807) is 6.92 Å². The molecule has 2 rings (SSSR count). The van der Waals surface area contributed by atoms with Gasteiger partial charge in [-0.15, -0.1) is 0 Å². The van der Waals surface area contributed by atoms with Gasteiger partial charge in [-0.05, 0) is 13.8 Å². The van der Waals surface area contributed by atoms with Gasteiger partial charge in [0.05, 0.1) is 0 Å². The molecule has 0 aliphatic carbocycles. The Morgan fingerprint density at radius 1 is 1.11 bits per heavy atom. The van der Waals surface area contributed by atoms with Gasteiger partial charge in [-0.3, -0.25) is 0 Å². The number of nitrogens with zero attached hydrogens (tertiary/aromatic N) is 4. The Hall–Kier alpha value is -2.18. The molecule has 0 aromatic carbocycles. The fourth-order valence-corrected chi connectivity index (χ4v) is 1.53. The Bertz CT molecular complexity index is 524. The van der Waals surface area contributed by atoms with Gasteiger partial charge in [0, 0.05) is 26.1 Å². The molecule has 2 N–H and O–H groups in total. The van der Waals surface area contributed by atoms with Crippen molar-refractivity contribution in [2.24, 2.45) is 0 Å². The maximum absolute atomic E-state index is 5.02. The third-order valence-corrected chi connectivity index (χ3v) is 2.31. The van der Waals surface area contributed by atoms with E-state index in [1.165, 1.54) is 0 Å². The first-order chi connectivity index (χ1) is 8.67. The Kier molecular flexibility index (Phi) is 3.71. The fraction of sp³-hybridized carbons (Fsp3) is 0.455. The van der Waals surface area contributed by atoms with E-state index in [2.05, 4.69) is 30.7 Å². The molecule has 0 spiro atoms.